The van der Waals surface area contributed by atoms with Crippen LogP contribution in [0.3, 0.4) is 0 Å². The van der Waals surface area contributed by atoms with Crippen molar-refractivity contribution < 1.29 is 13.6 Å². The van der Waals surface area contributed by atoms with Crippen molar-refractivity contribution in [2.45, 2.75) is 25.3 Å². The molecule has 1 aliphatic carbocycles. The van der Waals surface area contributed by atoms with Crippen molar-refractivity contribution >= 4 is 5.91 Å². The van der Waals surface area contributed by atoms with Gasteiger partial charge in [0.05, 0.1) is 6.04 Å². The predicted octanol–water partition coefficient (Wildman–Crippen LogP) is 2.06. The lowest BCUT2D eigenvalue weighted by molar-refractivity contribution is -0.132. The zero-order valence-electron chi connectivity index (χ0n) is 8.04. The van der Waals surface area contributed by atoms with Gasteiger partial charge < -0.3 is 5.32 Å². The molecule has 0 aliphatic heterocycles. The maximum absolute atomic E-state index is 12.0. The number of carbonyl (C=O) groups is 1. The molecular weight excluding hydrogens is 200 g/mol. The summed E-state index contributed by atoms with van der Waals surface area (Å²) in [6.07, 6.45) is -1.39. The average Bonchev–Trinajstić information content (AvgIpc) is 2.62. The number of carbonyl (C=O) groups excluding carboxylic acids is 1. The number of rotatable bonds is 2. The van der Waals surface area contributed by atoms with E-state index in [-0.39, 0.29) is 6.04 Å². The molecule has 1 N–H and O–H groups in total. The lowest BCUT2D eigenvalue weighted by Gasteiger charge is -2.13. The van der Waals surface area contributed by atoms with Gasteiger partial charge in [-0.15, -0.1) is 0 Å². The zero-order valence-corrected chi connectivity index (χ0v) is 8.04. The van der Waals surface area contributed by atoms with Crippen LogP contribution in [0.4, 0.5) is 8.78 Å². The van der Waals surface area contributed by atoms with Gasteiger partial charge in [0, 0.05) is 0 Å². The first-order chi connectivity index (χ1) is 7.18. The average molecular weight is 211 g/mol. The molecule has 1 aromatic carbocycles. The topological polar surface area (TPSA) is 29.1 Å². The van der Waals surface area contributed by atoms with Gasteiger partial charge >= 0.3 is 6.43 Å². The van der Waals surface area contributed by atoms with Crippen molar-refractivity contribution in [2.24, 2.45) is 0 Å². The van der Waals surface area contributed by atoms with E-state index < -0.39 is 12.3 Å². The van der Waals surface area contributed by atoms with Crippen LogP contribution in [0.1, 0.15) is 23.6 Å². The van der Waals surface area contributed by atoms with Crippen LogP contribution in [0.25, 0.3) is 0 Å². The summed E-state index contributed by atoms with van der Waals surface area (Å²) in [5.41, 5.74) is 2.10. The number of nitrogens with one attached hydrogen (secondary N) is 1. The largest absolute Gasteiger partial charge is 0.344 e. The van der Waals surface area contributed by atoms with E-state index in [0.29, 0.717) is 6.42 Å². The first kappa shape index (κ1) is 10.1. The molecule has 1 unspecified atom stereocenters. The molecule has 1 atom stereocenters. The number of aryl methyl sites for hydroxylation is 1. The third-order valence-electron chi connectivity index (χ3n) is 2.65. The molecule has 2 nitrogen and oxygen atoms in total. The number of fused-ring (bicyclic) bond motifs is 1. The normalized spacial score (nSPS) is 19.0. The standard InChI is InChI=1S/C11H11F2NO/c12-10(13)11(15)14-9-6-5-7-3-1-2-4-8(7)9/h1-4,9-10H,5-6H2,(H,14,15). The zero-order chi connectivity index (χ0) is 10.8. The van der Waals surface area contributed by atoms with Gasteiger partial charge in [-0.2, -0.15) is 8.78 Å². The predicted molar refractivity (Wildman–Crippen MR) is 51.7 cm³/mol. The maximum atomic E-state index is 12.0. The second kappa shape index (κ2) is 3.96. The van der Waals surface area contributed by atoms with E-state index in [9.17, 15) is 13.6 Å². The van der Waals surface area contributed by atoms with E-state index in [1.807, 2.05) is 24.3 Å². The molecule has 80 valence electrons. The highest BCUT2D eigenvalue weighted by Crippen LogP contribution is 2.30. The van der Waals surface area contributed by atoms with Crippen LogP contribution in [0.2, 0.25) is 0 Å². The van der Waals surface area contributed by atoms with Crippen LogP contribution in [-0.2, 0) is 11.2 Å². The second-order valence-electron chi connectivity index (χ2n) is 3.60. The Bertz CT molecular complexity index is 379. The molecule has 1 amide bonds. The number of halogens is 2. The molecular formula is C11H11F2NO. The minimum Gasteiger partial charge on any atom is -0.344 e. The number of benzene rings is 1. The monoisotopic (exact) mass is 211 g/mol. The van der Waals surface area contributed by atoms with E-state index in [4.69, 9.17) is 0 Å². The third kappa shape index (κ3) is 1.98. The summed E-state index contributed by atoms with van der Waals surface area (Å²) in [6, 6.07) is 7.35. The maximum Gasteiger partial charge on any atom is 0.315 e. The van der Waals surface area contributed by atoms with Crippen LogP contribution in [-0.4, -0.2) is 12.3 Å². The Morgan fingerprint density at radius 1 is 1.40 bits per heavy atom. The number of alkyl halides is 2. The smallest absolute Gasteiger partial charge is 0.315 e. The summed E-state index contributed by atoms with van der Waals surface area (Å²) >= 11 is 0. The summed E-state index contributed by atoms with van der Waals surface area (Å²) in [6.45, 7) is 0. The summed E-state index contributed by atoms with van der Waals surface area (Å²) in [5, 5.41) is 2.35. The number of amides is 1. The van der Waals surface area contributed by atoms with Crippen LogP contribution < -0.4 is 5.32 Å². The van der Waals surface area contributed by atoms with Crippen LogP contribution in [0.15, 0.2) is 24.3 Å². The molecule has 15 heavy (non-hydrogen) atoms. The Kier molecular flexibility index (Phi) is 2.66. The van der Waals surface area contributed by atoms with E-state index >= 15 is 0 Å². The van der Waals surface area contributed by atoms with Gasteiger partial charge in [0.25, 0.3) is 5.91 Å². The van der Waals surface area contributed by atoms with Gasteiger partial charge in [0.15, 0.2) is 0 Å². The highest BCUT2D eigenvalue weighted by Gasteiger charge is 2.26. The Morgan fingerprint density at radius 2 is 2.13 bits per heavy atom. The van der Waals surface area contributed by atoms with Gasteiger partial charge in [-0.3, -0.25) is 4.79 Å². The fourth-order valence-corrected chi connectivity index (χ4v) is 1.94. The highest BCUT2D eigenvalue weighted by atomic mass is 19.3. The summed E-state index contributed by atoms with van der Waals surface area (Å²) in [4.78, 5) is 10.8. The molecule has 0 saturated heterocycles. The molecule has 0 heterocycles. The van der Waals surface area contributed by atoms with Gasteiger partial charge in [0.2, 0.25) is 0 Å². The molecule has 1 aromatic rings. The third-order valence-corrected chi connectivity index (χ3v) is 2.65. The number of hydrogen-bond donors (Lipinski definition) is 1. The molecule has 4 heteroatoms. The van der Waals surface area contributed by atoms with Gasteiger partial charge in [-0.05, 0) is 24.0 Å². The van der Waals surface area contributed by atoms with E-state index in [0.717, 1.165) is 17.5 Å². The van der Waals surface area contributed by atoms with Crippen LogP contribution in [0, 0.1) is 0 Å². The van der Waals surface area contributed by atoms with Crippen molar-refractivity contribution in [3.63, 3.8) is 0 Å². The van der Waals surface area contributed by atoms with Crippen LogP contribution >= 0.6 is 0 Å². The van der Waals surface area contributed by atoms with Crippen molar-refractivity contribution in [2.75, 3.05) is 0 Å². The first-order valence-corrected chi connectivity index (χ1v) is 4.85. The lowest BCUT2D eigenvalue weighted by atomic mass is 10.1. The Morgan fingerprint density at radius 3 is 2.87 bits per heavy atom. The van der Waals surface area contributed by atoms with E-state index in [1.165, 1.54) is 0 Å². The van der Waals surface area contributed by atoms with Crippen molar-refractivity contribution in [1.29, 1.82) is 0 Å². The minimum absolute atomic E-state index is 0.248. The number of hydrogen-bond acceptors (Lipinski definition) is 1. The SMILES string of the molecule is O=C(NC1CCc2ccccc21)C(F)F. The Labute approximate surface area is 86.3 Å². The van der Waals surface area contributed by atoms with Gasteiger partial charge in [-0.1, -0.05) is 24.3 Å². The molecule has 0 fully saturated rings. The molecule has 1 aliphatic rings. The van der Waals surface area contributed by atoms with E-state index in [1.54, 1.807) is 0 Å². The van der Waals surface area contributed by atoms with Crippen LogP contribution in [0.5, 0.6) is 0 Å². The van der Waals surface area contributed by atoms with Crippen molar-refractivity contribution in [1.82, 2.24) is 5.32 Å². The van der Waals surface area contributed by atoms with E-state index in [2.05, 4.69) is 5.32 Å². The van der Waals surface area contributed by atoms with Gasteiger partial charge in [-0.25, -0.2) is 0 Å². The van der Waals surface area contributed by atoms with Crippen molar-refractivity contribution in [3.05, 3.63) is 35.4 Å². The summed E-state index contributed by atoms with van der Waals surface area (Å²) in [7, 11) is 0. The minimum atomic E-state index is -2.93. The molecule has 2 rings (SSSR count). The fraction of sp³-hybridized carbons (Fsp3) is 0.364. The molecule has 0 bridgehead atoms. The summed E-state index contributed by atoms with van der Waals surface area (Å²) < 4.78 is 24.1. The molecule has 0 aromatic heterocycles. The summed E-state index contributed by atoms with van der Waals surface area (Å²) in [5.74, 6) is -1.18. The fourth-order valence-electron chi connectivity index (χ4n) is 1.94. The van der Waals surface area contributed by atoms with Gasteiger partial charge in [0.1, 0.15) is 0 Å². The highest BCUT2D eigenvalue weighted by molar-refractivity contribution is 5.79. The second-order valence-corrected chi connectivity index (χ2v) is 3.60. The molecule has 0 radical (unpaired) electrons. The molecule has 0 saturated carbocycles. The first-order valence-electron chi connectivity index (χ1n) is 4.85. The lowest BCUT2D eigenvalue weighted by Crippen LogP contribution is -2.32. The Balaban J connectivity index is 2.11. The Hall–Kier alpha value is -1.45. The quantitative estimate of drug-likeness (QED) is 0.797. The van der Waals surface area contributed by atoms with Crippen molar-refractivity contribution in [3.8, 4) is 0 Å². The molecule has 0 spiro atoms.